The van der Waals surface area contributed by atoms with Crippen molar-refractivity contribution in [1.29, 1.82) is 0 Å². The van der Waals surface area contributed by atoms with Crippen molar-refractivity contribution in [3.8, 4) is 5.75 Å². The SMILES string of the molecule is COc1ccc(C2CC(c3ccccc3)=NN2C2=NC(=O)C(CC(=O)Nc3ccccc3C(F)(F)F)S2)cc1. The number of nitrogens with one attached hydrogen (secondary N) is 1. The maximum absolute atomic E-state index is 13.3. The molecule has 3 aromatic carbocycles. The first kappa shape index (κ1) is 26.5. The highest BCUT2D eigenvalue weighted by atomic mass is 32.2. The molecule has 0 aromatic heterocycles. The molecule has 0 aliphatic carbocycles. The van der Waals surface area contributed by atoms with Gasteiger partial charge in [-0.2, -0.15) is 23.3 Å². The summed E-state index contributed by atoms with van der Waals surface area (Å²) in [6.45, 7) is 0. The molecule has 2 aliphatic rings. The number of alkyl halides is 3. The zero-order chi connectivity index (χ0) is 27.6. The third-order valence-corrected chi connectivity index (χ3v) is 7.46. The maximum Gasteiger partial charge on any atom is 0.418 e. The fourth-order valence-electron chi connectivity index (χ4n) is 4.39. The Morgan fingerprint density at radius 2 is 1.74 bits per heavy atom. The number of aliphatic imine (C=N–C) groups is 1. The number of para-hydroxylation sites is 1. The van der Waals surface area contributed by atoms with Crippen molar-refractivity contribution in [2.75, 3.05) is 12.4 Å². The second-order valence-electron chi connectivity index (χ2n) is 8.89. The minimum Gasteiger partial charge on any atom is -0.497 e. The summed E-state index contributed by atoms with van der Waals surface area (Å²) in [6, 6.07) is 21.6. The first-order valence-electron chi connectivity index (χ1n) is 12.0. The third-order valence-electron chi connectivity index (χ3n) is 6.32. The molecule has 0 spiro atoms. The summed E-state index contributed by atoms with van der Waals surface area (Å²) in [6.07, 6.45) is -4.40. The van der Waals surface area contributed by atoms with Crippen LogP contribution in [0.2, 0.25) is 0 Å². The number of nitrogens with zero attached hydrogens (tertiary/aromatic N) is 3. The van der Waals surface area contributed by atoms with E-state index >= 15 is 0 Å². The Balaban J connectivity index is 1.34. The largest absolute Gasteiger partial charge is 0.497 e. The van der Waals surface area contributed by atoms with Crippen LogP contribution in [0.1, 0.15) is 35.6 Å². The van der Waals surface area contributed by atoms with Crippen LogP contribution in [0.25, 0.3) is 0 Å². The molecular weight excluding hydrogens is 529 g/mol. The van der Waals surface area contributed by atoms with Gasteiger partial charge in [0.2, 0.25) is 5.91 Å². The number of methoxy groups -OCH3 is 1. The first-order valence-corrected chi connectivity index (χ1v) is 12.9. The van der Waals surface area contributed by atoms with Crippen molar-refractivity contribution in [3.05, 3.63) is 95.6 Å². The molecule has 2 atom stereocenters. The number of carbonyl (C=O) groups excluding carboxylic acids is 2. The van der Waals surface area contributed by atoms with Crippen molar-refractivity contribution in [2.24, 2.45) is 10.1 Å². The maximum atomic E-state index is 13.3. The predicted molar refractivity (Wildman–Crippen MR) is 144 cm³/mol. The Kier molecular flexibility index (Phi) is 7.42. The topological polar surface area (TPSA) is 83.4 Å². The van der Waals surface area contributed by atoms with Gasteiger partial charge in [0.25, 0.3) is 5.91 Å². The third kappa shape index (κ3) is 5.83. The van der Waals surface area contributed by atoms with Gasteiger partial charge in [0, 0.05) is 12.8 Å². The molecule has 3 aromatic rings. The van der Waals surface area contributed by atoms with E-state index in [9.17, 15) is 22.8 Å². The Morgan fingerprint density at radius 3 is 2.44 bits per heavy atom. The lowest BCUT2D eigenvalue weighted by Gasteiger charge is -2.23. The van der Waals surface area contributed by atoms with E-state index in [-0.39, 0.29) is 18.2 Å². The van der Waals surface area contributed by atoms with E-state index in [1.807, 2.05) is 54.6 Å². The van der Waals surface area contributed by atoms with Crippen LogP contribution in [0.3, 0.4) is 0 Å². The fourth-order valence-corrected chi connectivity index (χ4v) is 5.45. The number of hydrogen-bond acceptors (Lipinski definition) is 6. The summed E-state index contributed by atoms with van der Waals surface area (Å²) in [7, 11) is 1.58. The van der Waals surface area contributed by atoms with E-state index in [2.05, 4.69) is 10.3 Å². The fraction of sp³-hybridized carbons (Fsp3) is 0.214. The van der Waals surface area contributed by atoms with Crippen LogP contribution >= 0.6 is 11.8 Å². The molecule has 200 valence electrons. The van der Waals surface area contributed by atoms with Gasteiger partial charge in [-0.3, -0.25) is 9.59 Å². The quantitative estimate of drug-likeness (QED) is 0.412. The summed E-state index contributed by atoms with van der Waals surface area (Å²) >= 11 is 1.08. The molecule has 2 aliphatic heterocycles. The van der Waals surface area contributed by atoms with Gasteiger partial charge in [0.15, 0.2) is 5.17 Å². The average molecular weight is 553 g/mol. The molecule has 0 saturated carbocycles. The number of ether oxygens (including phenoxy) is 1. The monoisotopic (exact) mass is 552 g/mol. The Morgan fingerprint density at radius 1 is 1.05 bits per heavy atom. The molecule has 11 heteroatoms. The summed E-state index contributed by atoms with van der Waals surface area (Å²) < 4.78 is 45.2. The number of benzene rings is 3. The first-order chi connectivity index (χ1) is 18.7. The van der Waals surface area contributed by atoms with E-state index in [0.29, 0.717) is 17.3 Å². The van der Waals surface area contributed by atoms with Gasteiger partial charge in [-0.05, 0) is 35.4 Å². The number of thioether (sulfide) groups is 1. The van der Waals surface area contributed by atoms with Crippen LogP contribution in [0.15, 0.2) is 89.0 Å². The average Bonchev–Trinajstić information content (AvgIpc) is 3.53. The second-order valence-corrected chi connectivity index (χ2v) is 10.1. The lowest BCUT2D eigenvalue weighted by atomic mass is 9.98. The highest BCUT2D eigenvalue weighted by Gasteiger charge is 2.39. The summed E-state index contributed by atoms with van der Waals surface area (Å²) in [5.41, 5.74) is 1.38. The highest BCUT2D eigenvalue weighted by molar-refractivity contribution is 8.15. The number of anilines is 1. The standard InChI is InChI=1S/C28H23F3N4O3S/c1-38-19-13-11-18(12-14-19)23-15-22(17-7-3-2-4-8-17)34-35(23)27-33-26(37)24(39-27)16-25(36)32-21-10-6-5-9-20(21)28(29,30)31/h2-14,23-24H,15-16H2,1H3,(H,32,36). The molecule has 2 heterocycles. The van der Waals surface area contributed by atoms with Crippen LogP contribution in [-0.4, -0.2) is 40.1 Å². The number of hydrogen-bond donors (Lipinski definition) is 1. The number of halogens is 3. The molecule has 0 radical (unpaired) electrons. The van der Waals surface area contributed by atoms with Crippen LogP contribution in [-0.2, 0) is 15.8 Å². The van der Waals surface area contributed by atoms with Gasteiger partial charge in [0.1, 0.15) is 11.0 Å². The number of rotatable bonds is 6. The van der Waals surface area contributed by atoms with Crippen LogP contribution in [0, 0.1) is 0 Å². The minimum atomic E-state index is -4.63. The zero-order valence-electron chi connectivity index (χ0n) is 20.7. The van der Waals surface area contributed by atoms with Crippen LogP contribution in [0.5, 0.6) is 5.75 Å². The Labute approximate surface area is 226 Å². The Bertz CT molecular complexity index is 1440. The molecule has 0 fully saturated rings. The Hall–Kier alpha value is -4.12. The molecule has 1 N–H and O–H groups in total. The van der Waals surface area contributed by atoms with Gasteiger partial charge in [-0.15, -0.1) is 0 Å². The molecule has 2 amide bonds. The molecule has 7 nitrogen and oxygen atoms in total. The van der Waals surface area contributed by atoms with Crippen molar-refractivity contribution in [1.82, 2.24) is 5.01 Å². The van der Waals surface area contributed by atoms with E-state index in [0.717, 1.165) is 34.7 Å². The molecular formula is C28H23F3N4O3S. The molecule has 0 bridgehead atoms. The smallest absolute Gasteiger partial charge is 0.418 e. The van der Waals surface area contributed by atoms with Gasteiger partial charge in [0.05, 0.1) is 30.1 Å². The van der Waals surface area contributed by atoms with E-state index < -0.39 is 28.8 Å². The number of amides is 2. The number of amidine groups is 1. The summed E-state index contributed by atoms with van der Waals surface area (Å²) in [4.78, 5) is 29.6. The van der Waals surface area contributed by atoms with Crippen molar-refractivity contribution in [3.63, 3.8) is 0 Å². The van der Waals surface area contributed by atoms with E-state index in [4.69, 9.17) is 9.84 Å². The van der Waals surface area contributed by atoms with Crippen LogP contribution in [0.4, 0.5) is 18.9 Å². The van der Waals surface area contributed by atoms with Gasteiger partial charge in [-0.25, -0.2) is 5.01 Å². The van der Waals surface area contributed by atoms with Gasteiger partial charge >= 0.3 is 6.18 Å². The summed E-state index contributed by atoms with van der Waals surface area (Å²) in [5.74, 6) is -0.546. The van der Waals surface area contributed by atoms with E-state index in [1.165, 1.54) is 18.2 Å². The lowest BCUT2D eigenvalue weighted by molar-refractivity contribution is -0.137. The molecule has 39 heavy (non-hydrogen) atoms. The summed E-state index contributed by atoms with van der Waals surface area (Å²) in [5, 5.41) is 8.21. The van der Waals surface area contributed by atoms with Gasteiger partial charge < -0.3 is 10.1 Å². The molecule has 5 rings (SSSR count). The lowest BCUT2D eigenvalue weighted by Crippen LogP contribution is -2.25. The zero-order valence-corrected chi connectivity index (χ0v) is 21.5. The van der Waals surface area contributed by atoms with Gasteiger partial charge in [-0.1, -0.05) is 66.4 Å². The predicted octanol–water partition coefficient (Wildman–Crippen LogP) is 5.89. The van der Waals surface area contributed by atoms with Crippen LogP contribution < -0.4 is 10.1 Å². The normalized spacial score (nSPS) is 19.1. The molecule has 0 saturated heterocycles. The van der Waals surface area contributed by atoms with Crippen molar-refractivity contribution < 1.29 is 27.5 Å². The number of hydrazone groups is 1. The molecule has 2 unspecified atom stereocenters. The van der Waals surface area contributed by atoms with E-state index in [1.54, 1.807) is 12.1 Å². The second kappa shape index (κ2) is 10.9. The number of carbonyl (C=O) groups is 2. The highest BCUT2D eigenvalue weighted by Crippen LogP contribution is 2.39. The van der Waals surface area contributed by atoms with Crippen molar-refractivity contribution in [2.45, 2.75) is 30.3 Å². The minimum absolute atomic E-state index is 0.253. The van der Waals surface area contributed by atoms with Crippen molar-refractivity contribution >= 4 is 40.1 Å².